The lowest BCUT2D eigenvalue weighted by atomic mass is 10.1. The summed E-state index contributed by atoms with van der Waals surface area (Å²) in [7, 11) is 0. The summed E-state index contributed by atoms with van der Waals surface area (Å²) in [5.41, 5.74) is 1.01. The van der Waals surface area contributed by atoms with Crippen LogP contribution in [0.25, 0.3) is 11.0 Å². The quantitative estimate of drug-likeness (QED) is 0.786. The van der Waals surface area contributed by atoms with Crippen LogP contribution in [-0.4, -0.2) is 39.6 Å². The van der Waals surface area contributed by atoms with Crippen molar-refractivity contribution in [1.82, 2.24) is 0 Å². The molecule has 0 atom stereocenters. The maximum absolute atomic E-state index is 11.9. The first-order valence-electron chi connectivity index (χ1n) is 8.30. The molecule has 0 radical (unpaired) electrons. The van der Waals surface area contributed by atoms with Crippen molar-refractivity contribution in [3.8, 4) is 11.5 Å². The Morgan fingerprint density at radius 1 is 0.958 bits per heavy atom. The summed E-state index contributed by atoms with van der Waals surface area (Å²) in [5.74, 6) is 0.996. The van der Waals surface area contributed by atoms with Crippen molar-refractivity contribution in [2.24, 2.45) is 0 Å². The molecule has 1 aromatic heterocycles. The molecule has 2 heterocycles. The Morgan fingerprint density at radius 3 is 2.42 bits per heavy atom. The lowest BCUT2D eigenvalue weighted by molar-refractivity contribution is 0.0224. The van der Waals surface area contributed by atoms with E-state index in [1.807, 2.05) is 12.1 Å². The highest BCUT2D eigenvalue weighted by Crippen LogP contribution is 2.36. The predicted molar refractivity (Wildman–Crippen MR) is 89.1 cm³/mol. The zero-order valence-electron chi connectivity index (χ0n) is 13.8. The second kappa shape index (κ2) is 8.17. The van der Waals surface area contributed by atoms with Gasteiger partial charge in [0.25, 0.3) is 0 Å². The van der Waals surface area contributed by atoms with Gasteiger partial charge in [0.1, 0.15) is 13.2 Å². The smallest absolute Gasteiger partial charge is 0.336 e. The Balaban J connectivity index is 2.04. The van der Waals surface area contributed by atoms with Gasteiger partial charge in [-0.05, 0) is 24.1 Å². The van der Waals surface area contributed by atoms with Gasteiger partial charge in [0.2, 0.25) is 5.75 Å². The maximum Gasteiger partial charge on any atom is 0.336 e. The molecular formula is C18H22O6. The minimum absolute atomic E-state index is 0.344. The second-order valence-electron chi connectivity index (χ2n) is 5.53. The van der Waals surface area contributed by atoms with Gasteiger partial charge in [-0.25, -0.2) is 4.79 Å². The first kappa shape index (κ1) is 16.8. The molecular weight excluding hydrogens is 312 g/mol. The number of benzene rings is 1. The van der Waals surface area contributed by atoms with Crippen LogP contribution in [-0.2, 0) is 15.9 Å². The number of hydrogen-bond donors (Lipinski definition) is 0. The minimum Gasteiger partial charge on any atom is -0.487 e. The monoisotopic (exact) mass is 334 g/mol. The van der Waals surface area contributed by atoms with Gasteiger partial charge in [0, 0.05) is 11.5 Å². The van der Waals surface area contributed by atoms with Crippen LogP contribution in [0.5, 0.6) is 11.5 Å². The van der Waals surface area contributed by atoms with Gasteiger partial charge >= 0.3 is 5.63 Å². The molecule has 1 aromatic carbocycles. The highest BCUT2D eigenvalue weighted by Gasteiger charge is 2.16. The van der Waals surface area contributed by atoms with E-state index in [0.29, 0.717) is 56.7 Å². The van der Waals surface area contributed by atoms with Crippen molar-refractivity contribution >= 4 is 11.0 Å². The molecule has 0 bridgehead atoms. The van der Waals surface area contributed by atoms with Crippen LogP contribution in [0.15, 0.2) is 27.4 Å². The SMILES string of the molecule is CCCc1cc(=O)oc2c3c(ccc12)OCCOCCOCCO3. The lowest BCUT2D eigenvalue weighted by Crippen LogP contribution is -2.16. The molecule has 0 amide bonds. The van der Waals surface area contributed by atoms with Crippen LogP contribution < -0.4 is 15.1 Å². The molecule has 6 heteroatoms. The molecule has 3 rings (SSSR count). The van der Waals surface area contributed by atoms with Crippen LogP contribution >= 0.6 is 0 Å². The molecule has 0 fully saturated rings. The van der Waals surface area contributed by atoms with Crippen molar-refractivity contribution < 1.29 is 23.4 Å². The molecule has 0 saturated heterocycles. The van der Waals surface area contributed by atoms with Crippen molar-refractivity contribution in [2.45, 2.75) is 19.8 Å². The Morgan fingerprint density at radius 2 is 1.67 bits per heavy atom. The molecule has 0 saturated carbocycles. The third-order valence-corrected chi connectivity index (χ3v) is 3.77. The van der Waals surface area contributed by atoms with Gasteiger partial charge in [0.15, 0.2) is 11.3 Å². The summed E-state index contributed by atoms with van der Waals surface area (Å²) < 4.78 is 27.9. The molecule has 0 N–H and O–H groups in total. The van der Waals surface area contributed by atoms with Gasteiger partial charge in [-0.15, -0.1) is 0 Å². The van der Waals surface area contributed by atoms with Crippen LogP contribution in [0.4, 0.5) is 0 Å². The van der Waals surface area contributed by atoms with E-state index in [4.69, 9.17) is 23.4 Å². The van der Waals surface area contributed by atoms with Crippen molar-refractivity contribution in [3.05, 3.63) is 34.2 Å². The second-order valence-corrected chi connectivity index (χ2v) is 5.53. The average molecular weight is 334 g/mol. The lowest BCUT2D eigenvalue weighted by Gasteiger charge is -2.16. The van der Waals surface area contributed by atoms with Gasteiger partial charge in [-0.1, -0.05) is 13.3 Å². The van der Waals surface area contributed by atoms with E-state index in [1.54, 1.807) is 6.07 Å². The van der Waals surface area contributed by atoms with Crippen LogP contribution in [0.1, 0.15) is 18.9 Å². The molecule has 0 unspecified atom stereocenters. The van der Waals surface area contributed by atoms with Gasteiger partial charge in [-0.2, -0.15) is 0 Å². The van der Waals surface area contributed by atoms with Crippen LogP contribution in [0, 0.1) is 0 Å². The summed E-state index contributed by atoms with van der Waals surface area (Å²) in [4.78, 5) is 11.9. The number of ether oxygens (including phenoxy) is 4. The number of aryl methyl sites for hydroxylation is 1. The zero-order valence-corrected chi connectivity index (χ0v) is 13.8. The van der Waals surface area contributed by atoms with E-state index in [-0.39, 0.29) is 5.63 Å². The Hall–Kier alpha value is -2.05. The largest absolute Gasteiger partial charge is 0.487 e. The average Bonchev–Trinajstić information content (AvgIpc) is 2.55. The predicted octanol–water partition coefficient (Wildman–Crippen LogP) is 2.55. The number of rotatable bonds is 2. The summed E-state index contributed by atoms with van der Waals surface area (Å²) in [6.45, 7) is 4.74. The highest BCUT2D eigenvalue weighted by atomic mass is 16.6. The molecule has 2 aromatic rings. The van der Waals surface area contributed by atoms with Crippen molar-refractivity contribution in [2.75, 3.05) is 39.6 Å². The van der Waals surface area contributed by atoms with Gasteiger partial charge in [-0.3, -0.25) is 0 Å². The summed E-state index contributed by atoms with van der Waals surface area (Å²) in [5, 5.41) is 0.878. The van der Waals surface area contributed by atoms with Crippen LogP contribution in [0.3, 0.4) is 0 Å². The molecule has 130 valence electrons. The molecule has 1 aliphatic heterocycles. The van der Waals surface area contributed by atoms with Crippen molar-refractivity contribution in [1.29, 1.82) is 0 Å². The molecule has 24 heavy (non-hydrogen) atoms. The first-order valence-corrected chi connectivity index (χ1v) is 8.30. The Labute approximate surface area is 140 Å². The Kier molecular flexibility index (Phi) is 5.72. The summed E-state index contributed by atoms with van der Waals surface area (Å²) in [6, 6.07) is 5.31. The molecule has 0 aliphatic carbocycles. The fourth-order valence-corrected chi connectivity index (χ4v) is 2.71. The summed E-state index contributed by atoms with van der Waals surface area (Å²) >= 11 is 0. The normalized spacial score (nSPS) is 16.4. The van der Waals surface area contributed by atoms with Gasteiger partial charge in [0.05, 0.1) is 26.4 Å². The van der Waals surface area contributed by atoms with E-state index in [2.05, 4.69) is 6.92 Å². The Bertz CT molecular complexity index is 736. The van der Waals surface area contributed by atoms with E-state index in [9.17, 15) is 4.79 Å². The van der Waals surface area contributed by atoms with E-state index < -0.39 is 0 Å². The fraction of sp³-hybridized carbons (Fsp3) is 0.500. The maximum atomic E-state index is 11.9. The van der Waals surface area contributed by atoms with Crippen molar-refractivity contribution in [3.63, 3.8) is 0 Å². The van der Waals surface area contributed by atoms with Crippen LogP contribution in [0.2, 0.25) is 0 Å². The molecule has 0 spiro atoms. The topological polar surface area (TPSA) is 67.1 Å². The number of fused-ring (bicyclic) bond motifs is 3. The third kappa shape index (κ3) is 3.88. The van der Waals surface area contributed by atoms with E-state index in [1.165, 1.54) is 0 Å². The molecule has 1 aliphatic rings. The fourth-order valence-electron chi connectivity index (χ4n) is 2.71. The molecule has 6 nitrogen and oxygen atoms in total. The first-order chi connectivity index (χ1) is 11.8. The van der Waals surface area contributed by atoms with E-state index in [0.717, 1.165) is 23.8 Å². The zero-order chi connectivity index (χ0) is 16.8. The summed E-state index contributed by atoms with van der Waals surface area (Å²) in [6.07, 6.45) is 1.75. The highest BCUT2D eigenvalue weighted by molar-refractivity contribution is 5.88. The van der Waals surface area contributed by atoms with E-state index >= 15 is 0 Å². The third-order valence-electron chi connectivity index (χ3n) is 3.77. The van der Waals surface area contributed by atoms with Gasteiger partial charge < -0.3 is 23.4 Å². The standard InChI is InChI=1S/C18H22O6/c1-2-3-13-12-16(19)24-17-14(13)4-5-15-18(17)23-11-9-21-7-6-20-8-10-22-15/h4-5,12H,2-3,6-11H2,1H3. The minimum atomic E-state index is -0.381. The number of hydrogen-bond acceptors (Lipinski definition) is 6.